The van der Waals surface area contributed by atoms with Gasteiger partial charge in [-0.2, -0.15) is 0 Å². The Morgan fingerprint density at radius 1 is 0.605 bits per heavy atom. The van der Waals surface area contributed by atoms with E-state index in [0.29, 0.717) is 43.3 Å². The largest absolute Gasteiger partial charge is 0.289 e. The number of fused-ring (bicyclic) bond motifs is 2. The lowest BCUT2D eigenvalue weighted by molar-refractivity contribution is 0.103. The second-order valence-electron chi connectivity index (χ2n) is 10.4. The zero-order valence-corrected chi connectivity index (χ0v) is 23.6. The van der Waals surface area contributed by atoms with Crippen molar-refractivity contribution in [2.45, 2.75) is 48.5 Å². The molecular formula is C34H30O3S. The van der Waals surface area contributed by atoms with Crippen molar-refractivity contribution in [1.29, 1.82) is 0 Å². The molecule has 0 aliphatic heterocycles. The minimum absolute atomic E-state index is 0.126. The molecule has 0 fully saturated rings. The number of benzene rings is 4. The summed E-state index contributed by atoms with van der Waals surface area (Å²) in [5.41, 5.74) is 8.08. The van der Waals surface area contributed by atoms with Crippen molar-refractivity contribution in [3.05, 3.63) is 126 Å². The van der Waals surface area contributed by atoms with Gasteiger partial charge in [0.1, 0.15) is 0 Å². The summed E-state index contributed by atoms with van der Waals surface area (Å²) in [7, 11) is 0. The molecule has 0 saturated carbocycles. The van der Waals surface area contributed by atoms with E-state index in [1.807, 2.05) is 90.1 Å². The molecule has 0 unspecified atom stereocenters. The topological polar surface area (TPSA) is 51.2 Å². The first-order valence-electron chi connectivity index (χ1n) is 12.7. The van der Waals surface area contributed by atoms with Crippen molar-refractivity contribution < 1.29 is 9.59 Å². The fraction of sp³-hybridized carbons (Fsp3) is 0.206. The van der Waals surface area contributed by atoms with E-state index in [1.165, 1.54) is 11.3 Å². The third-order valence-electron chi connectivity index (χ3n) is 7.41. The Balaban J connectivity index is 1.91. The number of carbonyl (C=O) groups is 2. The molecule has 0 amide bonds. The first-order valence-corrected chi connectivity index (χ1v) is 13.6. The Labute approximate surface area is 226 Å². The summed E-state index contributed by atoms with van der Waals surface area (Å²) in [5.74, 6) is -0.340. The zero-order chi connectivity index (χ0) is 27.5. The van der Waals surface area contributed by atoms with Crippen LogP contribution in [-0.4, -0.2) is 11.6 Å². The van der Waals surface area contributed by atoms with Crippen LogP contribution in [0.5, 0.6) is 0 Å². The smallest absolute Gasteiger partial charge is 0.196 e. The molecule has 1 heterocycles. The molecule has 0 aliphatic carbocycles. The van der Waals surface area contributed by atoms with Crippen molar-refractivity contribution in [3.63, 3.8) is 0 Å². The number of ketones is 2. The van der Waals surface area contributed by atoms with Crippen LogP contribution in [0.2, 0.25) is 0 Å². The molecule has 0 aliphatic rings. The summed E-state index contributed by atoms with van der Waals surface area (Å²) in [5, 5.41) is 0.976. The van der Waals surface area contributed by atoms with E-state index in [1.54, 1.807) is 13.0 Å². The van der Waals surface area contributed by atoms with Gasteiger partial charge in [-0.15, -0.1) is 11.3 Å². The highest BCUT2D eigenvalue weighted by Crippen LogP contribution is 2.34. The normalized spacial score (nSPS) is 11.3. The van der Waals surface area contributed by atoms with Crippen molar-refractivity contribution >= 4 is 43.1 Å². The van der Waals surface area contributed by atoms with Crippen molar-refractivity contribution in [2.24, 2.45) is 0 Å². The second-order valence-corrected chi connectivity index (χ2v) is 11.5. The molecular weight excluding hydrogens is 488 g/mol. The van der Waals surface area contributed by atoms with Crippen molar-refractivity contribution in [1.82, 2.24) is 0 Å². The first-order chi connectivity index (χ1) is 18.0. The van der Waals surface area contributed by atoms with Crippen LogP contribution < -0.4 is 5.43 Å². The minimum atomic E-state index is -0.214. The summed E-state index contributed by atoms with van der Waals surface area (Å²) in [6.45, 7) is 13.6. The lowest BCUT2D eigenvalue weighted by Gasteiger charge is -2.18. The summed E-state index contributed by atoms with van der Waals surface area (Å²) < 4.78 is 1.48. The predicted molar refractivity (Wildman–Crippen MR) is 159 cm³/mol. The summed E-state index contributed by atoms with van der Waals surface area (Å²) in [6, 6.07) is 17.3. The van der Waals surface area contributed by atoms with Gasteiger partial charge in [0.2, 0.25) is 0 Å². The lowest BCUT2D eigenvalue weighted by Crippen LogP contribution is -2.17. The predicted octanol–water partition coefficient (Wildman–Crippen LogP) is 8.04. The van der Waals surface area contributed by atoms with Gasteiger partial charge in [-0.05, 0) is 94.5 Å². The van der Waals surface area contributed by atoms with Crippen LogP contribution in [0.25, 0.3) is 20.2 Å². The van der Waals surface area contributed by atoms with E-state index in [9.17, 15) is 14.4 Å². The van der Waals surface area contributed by atoms with Crippen LogP contribution in [-0.2, 0) is 0 Å². The van der Waals surface area contributed by atoms with E-state index in [-0.39, 0.29) is 17.0 Å². The fourth-order valence-electron chi connectivity index (χ4n) is 5.91. The molecule has 0 radical (unpaired) electrons. The number of carbonyl (C=O) groups excluding carboxylic acids is 2. The highest BCUT2D eigenvalue weighted by atomic mass is 32.1. The van der Waals surface area contributed by atoms with Gasteiger partial charge in [0.15, 0.2) is 17.0 Å². The Morgan fingerprint density at radius 2 is 1.11 bits per heavy atom. The Bertz CT molecular complexity index is 1840. The van der Waals surface area contributed by atoms with Crippen molar-refractivity contribution in [2.75, 3.05) is 0 Å². The minimum Gasteiger partial charge on any atom is -0.289 e. The highest BCUT2D eigenvalue weighted by Gasteiger charge is 2.27. The average molecular weight is 519 g/mol. The maximum Gasteiger partial charge on any atom is 0.196 e. The van der Waals surface area contributed by atoms with E-state index in [0.717, 1.165) is 38.1 Å². The van der Waals surface area contributed by atoms with Gasteiger partial charge in [0.05, 0.1) is 5.39 Å². The second kappa shape index (κ2) is 9.45. The number of hydrogen-bond acceptors (Lipinski definition) is 4. The third-order valence-corrected chi connectivity index (χ3v) is 8.53. The monoisotopic (exact) mass is 518 g/mol. The highest BCUT2D eigenvalue weighted by molar-refractivity contribution is 7.24. The zero-order valence-electron chi connectivity index (χ0n) is 22.8. The molecule has 0 bridgehead atoms. The molecule has 0 atom stereocenters. The maximum absolute atomic E-state index is 14.4. The summed E-state index contributed by atoms with van der Waals surface area (Å²) in [6.07, 6.45) is 0. The molecule has 5 aromatic rings. The Hall–Kier alpha value is -3.89. The van der Waals surface area contributed by atoms with Gasteiger partial charge in [-0.1, -0.05) is 47.5 Å². The lowest BCUT2D eigenvalue weighted by atomic mass is 9.85. The summed E-state index contributed by atoms with van der Waals surface area (Å²) in [4.78, 5) is 42.4. The summed E-state index contributed by atoms with van der Waals surface area (Å²) >= 11 is 1.44. The van der Waals surface area contributed by atoms with Gasteiger partial charge in [0.25, 0.3) is 0 Å². The molecule has 4 heteroatoms. The van der Waals surface area contributed by atoms with Crippen LogP contribution in [0, 0.1) is 48.5 Å². The number of rotatable bonds is 4. The molecule has 0 N–H and O–H groups in total. The molecule has 4 aromatic carbocycles. The van der Waals surface area contributed by atoms with Crippen LogP contribution in [0.15, 0.2) is 59.4 Å². The van der Waals surface area contributed by atoms with Crippen LogP contribution >= 0.6 is 11.3 Å². The van der Waals surface area contributed by atoms with Gasteiger partial charge in [-0.25, -0.2) is 0 Å². The molecule has 38 heavy (non-hydrogen) atoms. The third kappa shape index (κ3) is 4.10. The molecule has 0 saturated heterocycles. The standard InChI is InChI=1S/C34H30O3S/c1-17-12-19(3)28(20(4)13-17)33(36)25-16-27-31(32(35)24-10-8-9-11-26(24)38-27)30(23(25)7)34(37)29-21(5)14-18(2)15-22(29)6/h8-16H,1-7H3. The van der Waals surface area contributed by atoms with Gasteiger partial charge < -0.3 is 0 Å². The van der Waals surface area contributed by atoms with Gasteiger partial charge in [0, 0.05) is 37.0 Å². The number of aryl methyl sites for hydroxylation is 6. The molecule has 0 spiro atoms. The van der Waals surface area contributed by atoms with Crippen LogP contribution in [0.4, 0.5) is 0 Å². The fourth-order valence-corrected chi connectivity index (χ4v) is 7.04. The Morgan fingerprint density at radius 3 is 1.66 bits per heavy atom. The molecule has 190 valence electrons. The quantitative estimate of drug-likeness (QED) is 0.179. The SMILES string of the molecule is Cc1cc(C)c(C(=O)c2cc3sc4ccccc4c(=O)c3c(C(=O)c3c(C)cc(C)cc3C)c2C)c(C)c1. The first kappa shape index (κ1) is 25.7. The van der Waals surface area contributed by atoms with E-state index in [4.69, 9.17) is 0 Å². The molecule has 3 nitrogen and oxygen atoms in total. The van der Waals surface area contributed by atoms with E-state index in [2.05, 4.69) is 0 Å². The van der Waals surface area contributed by atoms with Crippen molar-refractivity contribution in [3.8, 4) is 0 Å². The maximum atomic E-state index is 14.4. The average Bonchev–Trinajstić information content (AvgIpc) is 2.82. The molecule has 1 aromatic heterocycles. The van der Waals surface area contributed by atoms with E-state index < -0.39 is 0 Å². The van der Waals surface area contributed by atoms with Crippen LogP contribution in [0.3, 0.4) is 0 Å². The number of hydrogen-bond donors (Lipinski definition) is 0. The molecule has 5 rings (SSSR count). The van der Waals surface area contributed by atoms with Crippen LogP contribution in [0.1, 0.15) is 70.8 Å². The Kier molecular flexibility index (Phi) is 6.40. The van der Waals surface area contributed by atoms with E-state index >= 15 is 0 Å². The van der Waals surface area contributed by atoms with Gasteiger partial charge >= 0.3 is 0 Å². The van der Waals surface area contributed by atoms with Gasteiger partial charge in [-0.3, -0.25) is 14.4 Å².